The highest BCUT2D eigenvalue weighted by molar-refractivity contribution is 7.79. The largest absolute Gasteiger partial charge is 0.508 e. The minimum absolute atomic E-state index is 0.0511. The molecule has 3 rings (SSSR count). The molecule has 1 amide bonds. The van der Waals surface area contributed by atoms with Crippen LogP contribution >= 0.6 is 0 Å². The second kappa shape index (κ2) is 26.5. The number of ether oxygens (including phenoxy) is 1. The predicted molar refractivity (Wildman–Crippen MR) is 228 cm³/mol. The van der Waals surface area contributed by atoms with E-state index in [9.17, 15) is 40.5 Å². The maximum Gasteiger partial charge on any atom is 0.394 e. The van der Waals surface area contributed by atoms with Crippen LogP contribution in [-0.4, -0.2) is 90.5 Å². The van der Waals surface area contributed by atoms with Crippen molar-refractivity contribution >= 4 is 16.3 Å². The number of aliphatic hydroxyl groups is 2. The lowest BCUT2D eigenvalue weighted by atomic mass is 10.1. The van der Waals surface area contributed by atoms with E-state index < -0.39 is 22.6 Å². The Bertz CT molecular complexity index is 1700. The van der Waals surface area contributed by atoms with Gasteiger partial charge in [0, 0.05) is 49.3 Å². The van der Waals surface area contributed by atoms with Crippen LogP contribution in [0, 0.1) is 5.92 Å². The zero-order valence-electron chi connectivity index (χ0n) is 35.6. The molecule has 2 atom stereocenters. The van der Waals surface area contributed by atoms with Crippen LogP contribution in [0.2, 0.25) is 0 Å². The third-order valence-corrected chi connectivity index (χ3v) is 7.55. The lowest BCUT2D eigenvalue weighted by Crippen LogP contribution is -2.38. The minimum atomic E-state index is -4.67. The fraction of sp³-hybridized carbons (Fsp3) is 0.500. The standard InChI is InChI=1S/C18H27NO3.2C12H19NO3.H2O4S/c1-14(2)8-6-4-5-7-9-18(21)19-13-15-10-11-16(20)17(12-15)22-3;2*1-12(2,3)13-7-11(16)8-4-9(14)6-10(15)5-8;1-5(2,3)4/h6,8,10-12,14,20H,4-5,7,9,13H2,1-3H3,(H,19,21);2*4-6,11,13-16H,7H2,1-3H3;(H2,1,2,3,4)/b8-6+;;;. The summed E-state index contributed by atoms with van der Waals surface area (Å²) in [5, 5.41) is 75.5. The molecule has 0 bridgehead atoms. The molecule has 3 aromatic carbocycles. The maximum atomic E-state index is 11.8. The molecule has 0 aromatic heterocycles. The first-order chi connectivity index (χ1) is 27.1. The van der Waals surface area contributed by atoms with Gasteiger partial charge in [0.1, 0.15) is 23.0 Å². The van der Waals surface area contributed by atoms with Crippen molar-refractivity contribution in [2.24, 2.45) is 5.92 Å². The fourth-order valence-corrected chi connectivity index (χ4v) is 4.70. The van der Waals surface area contributed by atoms with Gasteiger partial charge in [0.05, 0.1) is 19.3 Å². The van der Waals surface area contributed by atoms with E-state index in [0.29, 0.717) is 48.8 Å². The van der Waals surface area contributed by atoms with Gasteiger partial charge in [0.25, 0.3) is 0 Å². The number of methoxy groups -OCH3 is 1. The van der Waals surface area contributed by atoms with Gasteiger partial charge in [-0.05, 0) is 120 Å². The number of rotatable bonds is 15. The third-order valence-electron chi connectivity index (χ3n) is 7.55. The highest BCUT2D eigenvalue weighted by atomic mass is 32.3. The molecule has 0 aliphatic heterocycles. The second-order valence-corrected chi connectivity index (χ2v) is 16.9. The quantitative estimate of drug-likeness (QED) is 0.0462. The molecule has 16 nitrogen and oxygen atoms in total. The van der Waals surface area contributed by atoms with Gasteiger partial charge in [-0.1, -0.05) is 32.1 Å². The van der Waals surface area contributed by atoms with E-state index in [-0.39, 0.29) is 45.7 Å². The topological polar surface area (TPSA) is 279 Å². The molecular weight excluding hydrogens is 787 g/mol. The second-order valence-electron chi connectivity index (χ2n) is 16.0. The van der Waals surface area contributed by atoms with Gasteiger partial charge in [-0.2, -0.15) is 8.42 Å². The molecule has 0 saturated carbocycles. The summed E-state index contributed by atoms with van der Waals surface area (Å²) in [5.74, 6) is 0.963. The summed E-state index contributed by atoms with van der Waals surface area (Å²) < 4.78 is 36.6. The number of unbranched alkanes of at least 4 members (excludes halogenated alkanes) is 2. The molecule has 334 valence electrons. The third kappa shape index (κ3) is 30.1. The zero-order valence-corrected chi connectivity index (χ0v) is 36.4. The molecule has 0 heterocycles. The number of carbonyl (C=O) groups is 1. The van der Waals surface area contributed by atoms with Crippen molar-refractivity contribution < 1.29 is 62.8 Å². The van der Waals surface area contributed by atoms with Crippen LogP contribution in [0.15, 0.2) is 66.7 Å². The number of amides is 1. The first-order valence-electron chi connectivity index (χ1n) is 19.0. The van der Waals surface area contributed by atoms with E-state index >= 15 is 0 Å². The monoisotopic (exact) mass is 853 g/mol. The van der Waals surface area contributed by atoms with Crippen LogP contribution in [0.1, 0.15) is 110 Å². The number of aliphatic hydroxyl groups excluding tert-OH is 2. The van der Waals surface area contributed by atoms with Crippen molar-refractivity contribution in [1.82, 2.24) is 16.0 Å². The van der Waals surface area contributed by atoms with E-state index in [2.05, 4.69) is 41.9 Å². The van der Waals surface area contributed by atoms with Crippen LogP contribution in [0.4, 0.5) is 0 Å². The molecule has 0 saturated heterocycles. The maximum absolute atomic E-state index is 11.8. The summed E-state index contributed by atoms with van der Waals surface area (Å²) in [6, 6.07) is 13.3. The number of benzene rings is 3. The number of allylic oxidation sites excluding steroid dienone is 2. The van der Waals surface area contributed by atoms with Gasteiger partial charge < -0.3 is 56.4 Å². The Morgan fingerprint density at radius 2 is 1.15 bits per heavy atom. The number of hydrogen-bond acceptors (Lipinski definition) is 13. The van der Waals surface area contributed by atoms with E-state index in [0.717, 1.165) is 24.8 Å². The number of phenolic OH excluding ortho intramolecular Hbond substituents is 5. The average molecular weight is 854 g/mol. The molecular formula is C42H67N3O13S. The smallest absolute Gasteiger partial charge is 0.394 e. The first kappa shape index (κ1) is 54.4. The van der Waals surface area contributed by atoms with Gasteiger partial charge in [-0.15, -0.1) is 0 Å². The Morgan fingerprint density at radius 3 is 1.53 bits per heavy atom. The summed E-state index contributed by atoms with van der Waals surface area (Å²) >= 11 is 0. The molecule has 12 N–H and O–H groups in total. The number of aromatic hydroxyl groups is 5. The van der Waals surface area contributed by atoms with Crippen molar-refractivity contribution in [1.29, 1.82) is 0 Å². The minimum Gasteiger partial charge on any atom is -0.508 e. The lowest BCUT2D eigenvalue weighted by molar-refractivity contribution is -0.121. The number of phenols is 5. The zero-order chi connectivity index (χ0) is 45.6. The van der Waals surface area contributed by atoms with Crippen molar-refractivity contribution in [2.45, 2.75) is 111 Å². The fourth-order valence-electron chi connectivity index (χ4n) is 4.70. The number of hydrogen-bond donors (Lipinski definition) is 12. The summed E-state index contributed by atoms with van der Waals surface area (Å²) in [6.07, 6.45) is 6.38. The summed E-state index contributed by atoms with van der Waals surface area (Å²) in [6.45, 7) is 17.5. The van der Waals surface area contributed by atoms with Crippen LogP contribution in [-0.2, 0) is 21.7 Å². The number of carbonyl (C=O) groups excluding carboxylic acids is 1. The summed E-state index contributed by atoms with van der Waals surface area (Å²) in [5.41, 5.74) is 1.73. The molecule has 59 heavy (non-hydrogen) atoms. The molecule has 2 unspecified atom stereocenters. The van der Waals surface area contributed by atoms with E-state index in [1.165, 1.54) is 43.5 Å². The van der Waals surface area contributed by atoms with Crippen LogP contribution in [0.3, 0.4) is 0 Å². The Morgan fingerprint density at radius 1 is 0.729 bits per heavy atom. The molecule has 0 aliphatic rings. The van der Waals surface area contributed by atoms with Crippen molar-refractivity contribution in [3.63, 3.8) is 0 Å². The number of nitrogens with one attached hydrogen (secondary N) is 3. The van der Waals surface area contributed by atoms with Gasteiger partial charge in [0.15, 0.2) is 11.5 Å². The highest BCUT2D eigenvalue weighted by Crippen LogP contribution is 2.27. The summed E-state index contributed by atoms with van der Waals surface area (Å²) in [7, 11) is -3.16. The normalized spacial score (nSPS) is 12.6. The van der Waals surface area contributed by atoms with Gasteiger partial charge >= 0.3 is 10.4 Å². The molecule has 3 aromatic rings. The van der Waals surface area contributed by atoms with Crippen molar-refractivity contribution in [2.75, 3.05) is 20.2 Å². The predicted octanol–water partition coefficient (Wildman–Crippen LogP) is 6.18. The van der Waals surface area contributed by atoms with Gasteiger partial charge in [0.2, 0.25) is 5.91 Å². The molecule has 0 fully saturated rings. The average Bonchev–Trinajstić information content (AvgIpc) is 3.09. The highest BCUT2D eigenvalue weighted by Gasteiger charge is 2.16. The van der Waals surface area contributed by atoms with Crippen molar-refractivity contribution in [3.8, 4) is 34.5 Å². The van der Waals surface area contributed by atoms with Gasteiger partial charge in [-0.25, -0.2) is 0 Å². The molecule has 17 heteroatoms. The Hall–Kier alpha value is -4.62. The van der Waals surface area contributed by atoms with E-state index in [1.807, 2.05) is 41.5 Å². The van der Waals surface area contributed by atoms with Gasteiger partial charge in [-0.3, -0.25) is 13.9 Å². The van der Waals surface area contributed by atoms with Crippen LogP contribution in [0.25, 0.3) is 0 Å². The lowest BCUT2D eigenvalue weighted by Gasteiger charge is -2.23. The van der Waals surface area contributed by atoms with E-state index in [1.54, 1.807) is 18.2 Å². The van der Waals surface area contributed by atoms with Crippen LogP contribution in [0.5, 0.6) is 34.5 Å². The summed E-state index contributed by atoms with van der Waals surface area (Å²) in [4.78, 5) is 11.8. The molecule has 0 spiro atoms. The number of β-amino-alcohol motifs (C(OH)–C–C–N with tert-alkyl or cyclic N) is 2. The first-order valence-corrected chi connectivity index (χ1v) is 20.4. The molecule has 0 aliphatic carbocycles. The van der Waals surface area contributed by atoms with Crippen LogP contribution < -0.4 is 20.7 Å². The van der Waals surface area contributed by atoms with Crippen molar-refractivity contribution in [3.05, 3.63) is 83.4 Å². The Balaban J connectivity index is 0.000000819. The van der Waals surface area contributed by atoms with E-state index in [4.69, 9.17) is 22.3 Å². The SMILES string of the molecule is CC(C)(C)NCC(O)c1cc(O)cc(O)c1.CC(C)(C)NCC(O)c1cc(O)cc(O)c1.COc1cc(CNC(=O)CCCC/C=C/C(C)C)ccc1O.O=S(=O)(O)O. The Labute approximate surface area is 349 Å². The molecule has 0 radical (unpaired) electrons. The Kier molecular flexibility index (Phi) is 24.4.